The molecule has 0 aromatic heterocycles. The Morgan fingerprint density at radius 2 is 1.40 bits per heavy atom. The molecule has 0 heterocycles. The molecule has 0 aliphatic carbocycles. The van der Waals surface area contributed by atoms with Gasteiger partial charge >= 0.3 is 6.16 Å². The van der Waals surface area contributed by atoms with Gasteiger partial charge in [-0.2, -0.15) is 0 Å². The van der Waals surface area contributed by atoms with Crippen molar-refractivity contribution in [3.8, 4) is 0 Å². The van der Waals surface area contributed by atoms with Crippen LogP contribution in [0.2, 0.25) is 0 Å². The highest BCUT2D eigenvalue weighted by Gasteiger charge is 2.07. The van der Waals surface area contributed by atoms with E-state index >= 15 is 0 Å². The molecule has 3 heteroatoms. The van der Waals surface area contributed by atoms with E-state index in [1.165, 1.54) is 61.6 Å². The largest absolute Gasteiger partial charge is 0.508 e. The number of benzene rings is 2. The first-order valence-corrected chi connectivity index (χ1v) is 11.7. The van der Waals surface area contributed by atoms with Crippen molar-refractivity contribution in [2.45, 2.75) is 84.7 Å². The fourth-order valence-electron chi connectivity index (χ4n) is 3.63. The molecule has 3 nitrogen and oxygen atoms in total. The molecule has 164 valence electrons. The van der Waals surface area contributed by atoms with E-state index < -0.39 is 6.16 Å². The standard InChI is InChI=1S/C27H38O3/c1-3-5-8-13-23-18-19-25(26(21-23)16-9-6-4-2)17-12-20-29-27(28)30-22-24-14-10-7-11-15-24/h7,10-11,14-15,18-19,21H,3-6,8-9,12-13,16-17,20,22H2,1-2H3. The van der Waals surface area contributed by atoms with Crippen LogP contribution in [-0.2, 0) is 35.3 Å². The molecule has 0 unspecified atom stereocenters. The van der Waals surface area contributed by atoms with Crippen molar-refractivity contribution in [3.05, 3.63) is 70.8 Å². The summed E-state index contributed by atoms with van der Waals surface area (Å²) >= 11 is 0. The van der Waals surface area contributed by atoms with Crippen LogP contribution in [0.5, 0.6) is 0 Å². The number of hydrogen-bond acceptors (Lipinski definition) is 3. The van der Waals surface area contributed by atoms with Crippen LogP contribution in [0, 0.1) is 0 Å². The highest BCUT2D eigenvalue weighted by molar-refractivity contribution is 5.59. The first kappa shape index (κ1) is 24.0. The van der Waals surface area contributed by atoms with Gasteiger partial charge < -0.3 is 9.47 Å². The molecule has 0 saturated heterocycles. The minimum atomic E-state index is -0.590. The fraction of sp³-hybridized carbons (Fsp3) is 0.519. The molecule has 2 rings (SSSR count). The van der Waals surface area contributed by atoms with E-state index in [-0.39, 0.29) is 6.61 Å². The van der Waals surface area contributed by atoms with Crippen molar-refractivity contribution in [2.24, 2.45) is 0 Å². The maximum absolute atomic E-state index is 11.8. The number of unbranched alkanes of at least 4 members (excludes halogenated alkanes) is 4. The van der Waals surface area contributed by atoms with Gasteiger partial charge in [-0.05, 0) is 60.8 Å². The summed E-state index contributed by atoms with van der Waals surface area (Å²) in [5, 5.41) is 0. The van der Waals surface area contributed by atoms with E-state index in [4.69, 9.17) is 9.47 Å². The molecular formula is C27H38O3. The molecule has 0 fully saturated rings. The minimum Gasteiger partial charge on any atom is -0.434 e. The molecule has 0 saturated carbocycles. The zero-order chi connectivity index (χ0) is 21.4. The second-order valence-electron chi connectivity index (χ2n) is 7.99. The number of aryl methyl sites for hydroxylation is 3. The second-order valence-corrected chi connectivity index (χ2v) is 7.99. The summed E-state index contributed by atoms with van der Waals surface area (Å²) in [5.41, 5.74) is 5.29. The van der Waals surface area contributed by atoms with Crippen LogP contribution in [0.3, 0.4) is 0 Å². The first-order valence-electron chi connectivity index (χ1n) is 11.7. The van der Waals surface area contributed by atoms with E-state index in [0.717, 1.165) is 24.8 Å². The Morgan fingerprint density at radius 3 is 2.13 bits per heavy atom. The maximum Gasteiger partial charge on any atom is 0.508 e. The quantitative estimate of drug-likeness (QED) is 0.240. The average molecular weight is 411 g/mol. The highest BCUT2D eigenvalue weighted by Crippen LogP contribution is 2.19. The molecule has 0 aliphatic heterocycles. The van der Waals surface area contributed by atoms with Crippen molar-refractivity contribution in [3.63, 3.8) is 0 Å². The lowest BCUT2D eigenvalue weighted by Crippen LogP contribution is -2.09. The van der Waals surface area contributed by atoms with Crippen molar-refractivity contribution in [1.29, 1.82) is 0 Å². The third kappa shape index (κ3) is 9.47. The van der Waals surface area contributed by atoms with Gasteiger partial charge in [-0.25, -0.2) is 4.79 Å². The lowest BCUT2D eigenvalue weighted by atomic mass is 9.94. The van der Waals surface area contributed by atoms with Gasteiger partial charge in [0.1, 0.15) is 6.61 Å². The molecule has 0 radical (unpaired) electrons. The average Bonchev–Trinajstić information content (AvgIpc) is 2.77. The fourth-order valence-corrected chi connectivity index (χ4v) is 3.63. The third-order valence-corrected chi connectivity index (χ3v) is 5.40. The van der Waals surface area contributed by atoms with E-state index in [0.29, 0.717) is 6.61 Å². The molecule has 0 N–H and O–H groups in total. The monoisotopic (exact) mass is 410 g/mol. The Bertz CT molecular complexity index is 724. The van der Waals surface area contributed by atoms with Crippen molar-refractivity contribution >= 4 is 6.16 Å². The second kappa shape index (κ2) is 14.7. The summed E-state index contributed by atoms with van der Waals surface area (Å²) in [4.78, 5) is 11.8. The molecule has 0 spiro atoms. The predicted octanol–water partition coefficient (Wildman–Crippen LogP) is 7.44. The van der Waals surface area contributed by atoms with E-state index in [9.17, 15) is 4.79 Å². The van der Waals surface area contributed by atoms with E-state index in [1.54, 1.807) is 0 Å². The number of rotatable bonds is 14. The SMILES string of the molecule is CCCCCc1ccc(CCCOC(=O)OCc2ccccc2)c(CCCCC)c1. The van der Waals surface area contributed by atoms with Crippen LogP contribution in [0.1, 0.15) is 81.0 Å². The highest BCUT2D eigenvalue weighted by atomic mass is 16.7. The first-order chi connectivity index (χ1) is 14.7. The van der Waals surface area contributed by atoms with Crippen LogP contribution < -0.4 is 0 Å². The number of carbonyl (C=O) groups excluding carboxylic acids is 1. The Balaban J connectivity index is 1.78. The number of hydrogen-bond donors (Lipinski definition) is 0. The zero-order valence-electron chi connectivity index (χ0n) is 18.8. The Hall–Kier alpha value is -2.29. The molecule has 0 atom stereocenters. The summed E-state index contributed by atoms with van der Waals surface area (Å²) < 4.78 is 10.4. The van der Waals surface area contributed by atoms with Crippen LogP contribution in [0.15, 0.2) is 48.5 Å². The van der Waals surface area contributed by atoms with Gasteiger partial charge in [-0.15, -0.1) is 0 Å². The normalized spacial score (nSPS) is 10.7. The maximum atomic E-state index is 11.8. The van der Waals surface area contributed by atoms with Crippen LogP contribution >= 0.6 is 0 Å². The molecular weight excluding hydrogens is 372 g/mol. The van der Waals surface area contributed by atoms with E-state index in [2.05, 4.69) is 32.0 Å². The third-order valence-electron chi connectivity index (χ3n) is 5.40. The van der Waals surface area contributed by atoms with Crippen LogP contribution in [0.25, 0.3) is 0 Å². The zero-order valence-corrected chi connectivity index (χ0v) is 18.8. The summed E-state index contributed by atoms with van der Waals surface area (Å²) in [6, 6.07) is 16.6. The molecule has 0 aliphatic rings. The smallest absolute Gasteiger partial charge is 0.434 e. The van der Waals surface area contributed by atoms with Gasteiger partial charge in [0.2, 0.25) is 0 Å². The Labute approximate surface area is 182 Å². The predicted molar refractivity (Wildman–Crippen MR) is 124 cm³/mol. The lowest BCUT2D eigenvalue weighted by molar-refractivity contribution is 0.0492. The van der Waals surface area contributed by atoms with Gasteiger partial charge in [-0.3, -0.25) is 0 Å². The van der Waals surface area contributed by atoms with Gasteiger partial charge in [0.15, 0.2) is 0 Å². The van der Waals surface area contributed by atoms with Crippen LogP contribution in [0.4, 0.5) is 4.79 Å². The lowest BCUT2D eigenvalue weighted by Gasteiger charge is -2.13. The topological polar surface area (TPSA) is 35.5 Å². The number of ether oxygens (including phenoxy) is 2. The van der Waals surface area contributed by atoms with Crippen molar-refractivity contribution < 1.29 is 14.3 Å². The summed E-state index contributed by atoms with van der Waals surface area (Å²) in [6.45, 7) is 5.14. The molecule has 30 heavy (non-hydrogen) atoms. The van der Waals surface area contributed by atoms with Crippen LogP contribution in [-0.4, -0.2) is 12.8 Å². The summed E-state index contributed by atoms with van der Waals surface area (Å²) in [6.07, 6.45) is 11.1. The summed E-state index contributed by atoms with van der Waals surface area (Å²) in [5.74, 6) is 0. The molecule has 2 aromatic rings. The minimum absolute atomic E-state index is 0.251. The van der Waals surface area contributed by atoms with Gasteiger partial charge in [-0.1, -0.05) is 88.1 Å². The molecule has 0 bridgehead atoms. The molecule has 2 aromatic carbocycles. The Morgan fingerprint density at radius 1 is 0.700 bits per heavy atom. The van der Waals surface area contributed by atoms with Crippen molar-refractivity contribution in [1.82, 2.24) is 0 Å². The van der Waals surface area contributed by atoms with Gasteiger partial charge in [0.25, 0.3) is 0 Å². The molecule has 0 amide bonds. The summed E-state index contributed by atoms with van der Waals surface area (Å²) in [7, 11) is 0. The van der Waals surface area contributed by atoms with Gasteiger partial charge in [0, 0.05) is 0 Å². The van der Waals surface area contributed by atoms with Crippen molar-refractivity contribution in [2.75, 3.05) is 6.61 Å². The number of carbonyl (C=O) groups is 1. The Kier molecular flexibility index (Phi) is 11.7. The van der Waals surface area contributed by atoms with E-state index in [1.807, 2.05) is 30.3 Å². The van der Waals surface area contributed by atoms with Gasteiger partial charge in [0.05, 0.1) is 6.61 Å².